The Morgan fingerprint density at radius 3 is 0.694 bits per heavy atom. The van der Waals surface area contributed by atoms with E-state index >= 15 is 0 Å². The maximum absolute atomic E-state index is 12.8. The highest BCUT2D eigenvalue weighted by Crippen LogP contribution is 2.18. The van der Waals surface area contributed by atoms with Crippen LogP contribution in [0.5, 0.6) is 0 Å². The van der Waals surface area contributed by atoms with Crippen molar-refractivity contribution in [3.8, 4) is 0 Å². The third-order valence-electron chi connectivity index (χ3n) is 12.6. The predicted molar refractivity (Wildman–Crippen MR) is 266 cm³/mol. The summed E-state index contributed by atoms with van der Waals surface area (Å²) < 4.78 is 16.9. The third kappa shape index (κ3) is 49.4. The van der Waals surface area contributed by atoms with Gasteiger partial charge >= 0.3 is 17.9 Å². The van der Waals surface area contributed by atoms with Gasteiger partial charge in [0.2, 0.25) is 0 Å². The molecule has 368 valence electrons. The SMILES string of the molecule is CC(C)CCCCCCCCCCCCCCCCCC(=O)OC[C@H](COC(=O)CCCCCCCCCCCC(C)C)OC(=O)CCCCCCCCCCCCCC(C)C. The van der Waals surface area contributed by atoms with E-state index in [9.17, 15) is 14.4 Å². The molecule has 0 radical (unpaired) electrons. The summed E-state index contributed by atoms with van der Waals surface area (Å²) in [5.41, 5.74) is 0. The van der Waals surface area contributed by atoms with Crippen molar-refractivity contribution < 1.29 is 28.6 Å². The van der Waals surface area contributed by atoms with Crippen LogP contribution in [0.2, 0.25) is 0 Å². The summed E-state index contributed by atoms with van der Waals surface area (Å²) in [6.45, 7) is 13.7. The van der Waals surface area contributed by atoms with Gasteiger partial charge in [-0.15, -0.1) is 0 Å². The molecule has 0 amide bonds. The molecule has 0 fully saturated rings. The molecule has 0 spiro atoms. The van der Waals surface area contributed by atoms with Crippen LogP contribution in [0, 0.1) is 17.8 Å². The molecule has 0 aliphatic rings. The zero-order valence-corrected chi connectivity index (χ0v) is 42.7. The summed E-state index contributed by atoms with van der Waals surface area (Å²) in [5, 5.41) is 0. The number of rotatable bonds is 49. The van der Waals surface area contributed by atoms with Crippen LogP contribution >= 0.6 is 0 Å². The molecule has 0 aliphatic heterocycles. The van der Waals surface area contributed by atoms with E-state index in [-0.39, 0.29) is 31.1 Å². The molecule has 0 aromatic rings. The van der Waals surface area contributed by atoms with E-state index in [0.717, 1.165) is 75.5 Å². The van der Waals surface area contributed by atoms with Crippen LogP contribution in [0.15, 0.2) is 0 Å². The second kappa shape index (κ2) is 47.4. The summed E-state index contributed by atoms with van der Waals surface area (Å²) in [5.74, 6) is 1.63. The zero-order valence-electron chi connectivity index (χ0n) is 42.7. The molecular formula is C56H108O6. The highest BCUT2D eigenvalue weighted by Gasteiger charge is 2.19. The first kappa shape index (κ1) is 60.4. The number of ether oxygens (including phenoxy) is 3. The van der Waals surface area contributed by atoms with Gasteiger partial charge in [-0.3, -0.25) is 14.4 Å². The molecule has 6 heteroatoms. The molecule has 0 bridgehead atoms. The normalized spacial score (nSPS) is 12.1. The van der Waals surface area contributed by atoms with Gasteiger partial charge in [0.05, 0.1) is 0 Å². The van der Waals surface area contributed by atoms with Crippen LogP contribution in [-0.4, -0.2) is 37.2 Å². The monoisotopic (exact) mass is 877 g/mol. The van der Waals surface area contributed by atoms with Crippen LogP contribution in [0.1, 0.15) is 305 Å². The van der Waals surface area contributed by atoms with E-state index in [1.54, 1.807) is 0 Å². The topological polar surface area (TPSA) is 78.9 Å². The highest BCUT2D eigenvalue weighted by molar-refractivity contribution is 5.71. The Hall–Kier alpha value is -1.59. The molecule has 0 saturated heterocycles. The van der Waals surface area contributed by atoms with Gasteiger partial charge in [-0.2, -0.15) is 0 Å². The Morgan fingerprint density at radius 2 is 0.468 bits per heavy atom. The molecule has 1 atom stereocenters. The maximum Gasteiger partial charge on any atom is 0.306 e. The maximum atomic E-state index is 12.8. The Morgan fingerprint density at radius 1 is 0.274 bits per heavy atom. The Labute approximate surface area is 387 Å². The first-order chi connectivity index (χ1) is 30.1. The fourth-order valence-electron chi connectivity index (χ4n) is 8.47. The minimum Gasteiger partial charge on any atom is -0.462 e. The summed E-state index contributed by atoms with van der Waals surface area (Å²) in [4.78, 5) is 38.0. The second-order valence-corrected chi connectivity index (χ2v) is 20.6. The lowest BCUT2D eigenvalue weighted by Crippen LogP contribution is -2.30. The van der Waals surface area contributed by atoms with Crippen molar-refractivity contribution in [2.75, 3.05) is 13.2 Å². The Kier molecular flexibility index (Phi) is 46.2. The van der Waals surface area contributed by atoms with Gasteiger partial charge in [0.25, 0.3) is 0 Å². The van der Waals surface area contributed by atoms with Gasteiger partial charge < -0.3 is 14.2 Å². The molecule has 0 N–H and O–H groups in total. The first-order valence-corrected chi connectivity index (χ1v) is 27.6. The molecule has 62 heavy (non-hydrogen) atoms. The van der Waals surface area contributed by atoms with Crippen molar-refractivity contribution in [2.24, 2.45) is 17.8 Å². The highest BCUT2D eigenvalue weighted by atomic mass is 16.6. The summed E-state index contributed by atoms with van der Waals surface area (Å²) >= 11 is 0. The number of carbonyl (C=O) groups excluding carboxylic acids is 3. The molecular weight excluding hydrogens is 769 g/mol. The number of hydrogen-bond donors (Lipinski definition) is 0. The number of carbonyl (C=O) groups is 3. The van der Waals surface area contributed by atoms with Gasteiger partial charge in [0.15, 0.2) is 6.10 Å². The molecule has 0 aromatic heterocycles. The van der Waals surface area contributed by atoms with Gasteiger partial charge in [0.1, 0.15) is 13.2 Å². The number of hydrogen-bond acceptors (Lipinski definition) is 6. The van der Waals surface area contributed by atoms with E-state index in [0.29, 0.717) is 19.3 Å². The first-order valence-electron chi connectivity index (χ1n) is 27.6. The molecule has 0 heterocycles. The van der Waals surface area contributed by atoms with Crippen LogP contribution in [0.3, 0.4) is 0 Å². The van der Waals surface area contributed by atoms with Crippen molar-refractivity contribution in [3.05, 3.63) is 0 Å². The lowest BCUT2D eigenvalue weighted by Gasteiger charge is -2.18. The average molecular weight is 877 g/mol. The van der Waals surface area contributed by atoms with E-state index in [2.05, 4.69) is 41.5 Å². The van der Waals surface area contributed by atoms with Crippen LogP contribution < -0.4 is 0 Å². The third-order valence-corrected chi connectivity index (χ3v) is 12.6. The van der Waals surface area contributed by atoms with Crippen molar-refractivity contribution in [1.82, 2.24) is 0 Å². The van der Waals surface area contributed by atoms with Gasteiger partial charge in [0, 0.05) is 19.3 Å². The van der Waals surface area contributed by atoms with Crippen LogP contribution in [-0.2, 0) is 28.6 Å². The van der Waals surface area contributed by atoms with Gasteiger partial charge in [-0.05, 0) is 37.0 Å². The molecule has 0 rings (SSSR count). The lowest BCUT2D eigenvalue weighted by atomic mass is 10.0. The number of unbranched alkanes of at least 4 members (excludes halogenated alkanes) is 32. The molecule has 0 aromatic carbocycles. The minimum absolute atomic E-state index is 0.0641. The zero-order chi connectivity index (χ0) is 45.6. The van der Waals surface area contributed by atoms with E-state index in [4.69, 9.17) is 14.2 Å². The van der Waals surface area contributed by atoms with Crippen LogP contribution in [0.25, 0.3) is 0 Å². The summed E-state index contributed by atoms with van der Waals surface area (Å²) in [7, 11) is 0. The molecule has 0 saturated carbocycles. The summed E-state index contributed by atoms with van der Waals surface area (Å²) in [6, 6.07) is 0. The van der Waals surface area contributed by atoms with Gasteiger partial charge in [-0.25, -0.2) is 0 Å². The van der Waals surface area contributed by atoms with Crippen molar-refractivity contribution >= 4 is 17.9 Å². The lowest BCUT2D eigenvalue weighted by molar-refractivity contribution is -0.167. The standard InChI is InChI=1S/C56H108O6/c1-50(2)42-36-30-24-18-13-10-8-7-9-11-15-21-27-33-39-45-54(57)60-48-53(49-61-55(58)46-40-34-28-23-17-20-26-32-38-44-52(5)6)62-56(59)47-41-35-29-22-16-12-14-19-25-31-37-43-51(3)4/h50-53H,7-49H2,1-6H3/t53-/m1/s1. The van der Waals surface area contributed by atoms with E-state index < -0.39 is 6.10 Å². The predicted octanol–water partition coefficient (Wildman–Crippen LogP) is 17.9. The Bertz CT molecular complexity index is 960. The molecule has 0 unspecified atom stereocenters. The van der Waals surface area contributed by atoms with Gasteiger partial charge in [-0.1, -0.05) is 266 Å². The molecule has 0 aliphatic carbocycles. The quantitative estimate of drug-likeness (QED) is 0.0344. The smallest absolute Gasteiger partial charge is 0.306 e. The minimum atomic E-state index is -0.763. The average Bonchev–Trinajstić information content (AvgIpc) is 3.23. The van der Waals surface area contributed by atoms with E-state index in [1.807, 2.05) is 0 Å². The van der Waals surface area contributed by atoms with Crippen molar-refractivity contribution in [3.63, 3.8) is 0 Å². The fraction of sp³-hybridized carbons (Fsp3) is 0.946. The van der Waals surface area contributed by atoms with E-state index in [1.165, 1.54) is 186 Å². The second-order valence-electron chi connectivity index (χ2n) is 20.6. The number of esters is 3. The molecule has 6 nitrogen and oxygen atoms in total. The Balaban J connectivity index is 4.28. The van der Waals surface area contributed by atoms with Crippen molar-refractivity contribution in [1.29, 1.82) is 0 Å². The largest absolute Gasteiger partial charge is 0.462 e. The van der Waals surface area contributed by atoms with Crippen molar-refractivity contribution in [2.45, 2.75) is 311 Å². The van der Waals surface area contributed by atoms with Crippen LogP contribution in [0.4, 0.5) is 0 Å². The fourth-order valence-corrected chi connectivity index (χ4v) is 8.47. The summed E-state index contributed by atoms with van der Waals surface area (Å²) in [6.07, 6.45) is 48.1.